The standard InChI is InChI=1S/C48H63N9O11S2/c1-27(2)20-33(52-45(64)36(24-40(50)59)51-41(60)32(49)25-69)42(61)55-37(23-29-12-7-4-8-13-29)47(66)57-19-9-14-39(57)46(65)54-35(21-28-10-5-3-6-11-28)43(62)53-34(22-30-15-17-31(58)18-16-30)44(63)56-38(26-70)48(67)68/h3-8,10-13,15-18,27,32-39,58,69-70H,9,14,19-26,49H2,1-2H3,(H2,50,59)(H,51,60)(H,52,64)(H,53,62)(H,54,65)(H,55,61)(H,56,63)(H,67,68)/t32-,33-,34-,35-,36-,37-,38-,39-/m0/s1. The maximum atomic E-state index is 14.7. The van der Waals surface area contributed by atoms with E-state index in [-0.39, 0.29) is 61.8 Å². The van der Waals surface area contributed by atoms with Crippen LogP contribution < -0.4 is 43.4 Å². The van der Waals surface area contributed by atoms with Crippen LogP contribution in [0.15, 0.2) is 84.9 Å². The molecule has 8 amide bonds. The fourth-order valence-electron chi connectivity index (χ4n) is 7.71. The predicted molar refractivity (Wildman–Crippen MR) is 265 cm³/mol. The molecule has 0 aliphatic carbocycles. The number of nitrogens with zero attached hydrogens (tertiary/aromatic N) is 1. The van der Waals surface area contributed by atoms with Crippen molar-refractivity contribution in [1.82, 2.24) is 36.8 Å². The van der Waals surface area contributed by atoms with E-state index < -0.39 is 108 Å². The number of thiol groups is 2. The number of nitrogens with two attached hydrogens (primary N) is 2. The van der Waals surface area contributed by atoms with Gasteiger partial charge in [-0.15, -0.1) is 0 Å². The number of carboxylic acids is 1. The average molecular weight is 1010 g/mol. The van der Waals surface area contributed by atoms with Crippen LogP contribution in [0.4, 0.5) is 0 Å². The second-order valence-corrected chi connectivity index (χ2v) is 18.1. The minimum Gasteiger partial charge on any atom is -0.508 e. The Morgan fingerprint density at radius 1 is 0.614 bits per heavy atom. The summed E-state index contributed by atoms with van der Waals surface area (Å²) >= 11 is 8.04. The van der Waals surface area contributed by atoms with Crippen molar-refractivity contribution in [3.8, 4) is 5.75 Å². The Balaban J connectivity index is 1.62. The quantitative estimate of drug-likeness (QED) is 0.0454. The number of amides is 8. The first-order valence-electron chi connectivity index (χ1n) is 22.8. The summed E-state index contributed by atoms with van der Waals surface area (Å²) in [6, 6.07) is 13.0. The van der Waals surface area contributed by atoms with E-state index in [2.05, 4.69) is 57.2 Å². The molecule has 0 unspecified atom stereocenters. The van der Waals surface area contributed by atoms with Gasteiger partial charge in [-0.25, -0.2) is 4.79 Å². The molecule has 22 heteroatoms. The molecule has 3 aromatic carbocycles. The van der Waals surface area contributed by atoms with Crippen molar-refractivity contribution in [2.45, 2.75) is 107 Å². The van der Waals surface area contributed by atoms with Crippen molar-refractivity contribution in [1.29, 1.82) is 0 Å². The third-order valence-corrected chi connectivity index (χ3v) is 12.1. The molecule has 1 saturated heterocycles. The summed E-state index contributed by atoms with van der Waals surface area (Å²) in [4.78, 5) is 123. The molecule has 3 aromatic rings. The molecule has 378 valence electrons. The second-order valence-electron chi connectivity index (χ2n) is 17.4. The molecule has 1 aliphatic rings. The van der Waals surface area contributed by atoms with Crippen molar-refractivity contribution in [2.75, 3.05) is 18.1 Å². The second kappa shape index (κ2) is 27.5. The van der Waals surface area contributed by atoms with Crippen molar-refractivity contribution in [3.63, 3.8) is 0 Å². The van der Waals surface area contributed by atoms with Crippen LogP contribution in [0.25, 0.3) is 0 Å². The maximum absolute atomic E-state index is 14.7. The summed E-state index contributed by atoms with van der Waals surface area (Å²) in [5.74, 6) is -8.18. The molecule has 0 spiro atoms. The van der Waals surface area contributed by atoms with Crippen molar-refractivity contribution >= 4 is 78.5 Å². The van der Waals surface area contributed by atoms with Gasteiger partial charge in [-0.1, -0.05) is 86.6 Å². The lowest BCUT2D eigenvalue weighted by Gasteiger charge is -2.31. The van der Waals surface area contributed by atoms with Crippen LogP contribution in [0.1, 0.15) is 56.2 Å². The van der Waals surface area contributed by atoms with Crippen LogP contribution >= 0.6 is 25.3 Å². The van der Waals surface area contributed by atoms with E-state index in [1.54, 1.807) is 74.5 Å². The lowest BCUT2D eigenvalue weighted by molar-refractivity contribution is -0.142. The van der Waals surface area contributed by atoms with Crippen LogP contribution in [0.3, 0.4) is 0 Å². The summed E-state index contributed by atoms with van der Waals surface area (Å²) in [6.07, 6.45) is -0.170. The highest BCUT2D eigenvalue weighted by Crippen LogP contribution is 2.21. The van der Waals surface area contributed by atoms with E-state index >= 15 is 0 Å². The molecule has 0 saturated carbocycles. The molecule has 1 aliphatic heterocycles. The number of benzene rings is 3. The van der Waals surface area contributed by atoms with Crippen LogP contribution in [-0.4, -0.2) is 135 Å². The zero-order valence-electron chi connectivity index (χ0n) is 38.9. The third kappa shape index (κ3) is 17.4. The van der Waals surface area contributed by atoms with Gasteiger partial charge in [0.15, 0.2) is 0 Å². The molecule has 1 heterocycles. The number of hydrogen-bond donors (Lipinski definition) is 12. The van der Waals surface area contributed by atoms with Crippen LogP contribution in [-0.2, 0) is 62.4 Å². The molecule has 70 heavy (non-hydrogen) atoms. The lowest BCUT2D eigenvalue weighted by Crippen LogP contribution is -2.61. The molecule has 0 radical (unpaired) electrons. The van der Waals surface area contributed by atoms with Gasteiger partial charge in [0, 0.05) is 37.3 Å². The van der Waals surface area contributed by atoms with Crippen LogP contribution in [0.2, 0.25) is 0 Å². The van der Waals surface area contributed by atoms with E-state index in [1.165, 1.54) is 29.2 Å². The minimum atomic E-state index is -1.48. The Bertz CT molecular complexity index is 2290. The number of phenolic OH excluding ortho intramolecular Hbond substituents is 1. The maximum Gasteiger partial charge on any atom is 0.327 e. The Hall–Kier alpha value is -6.65. The molecule has 12 N–H and O–H groups in total. The minimum absolute atomic E-state index is 0.0277. The predicted octanol–water partition coefficient (Wildman–Crippen LogP) is -0.487. The Kier molecular flexibility index (Phi) is 22.0. The van der Waals surface area contributed by atoms with E-state index in [1.807, 2.05) is 0 Å². The normalized spacial score (nSPS) is 16.3. The third-order valence-electron chi connectivity index (χ3n) is 11.4. The summed E-state index contributed by atoms with van der Waals surface area (Å²) < 4.78 is 0. The Morgan fingerprint density at radius 2 is 1.07 bits per heavy atom. The van der Waals surface area contributed by atoms with Gasteiger partial charge in [0.2, 0.25) is 47.3 Å². The first kappa shape index (κ1) is 55.9. The highest BCUT2D eigenvalue weighted by molar-refractivity contribution is 7.80. The van der Waals surface area contributed by atoms with Gasteiger partial charge in [-0.05, 0) is 54.0 Å². The number of likely N-dealkylation sites (tertiary alicyclic amines) is 1. The Labute approximate surface area is 417 Å². The summed E-state index contributed by atoms with van der Waals surface area (Å²) in [5.41, 5.74) is 13.0. The van der Waals surface area contributed by atoms with Gasteiger partial charge in [-0.3, -0.25) is 38.4 Å². The SMILES string of the molecule is CC(C)C[C@H](NC(=O)[C@H](CC(N)=O)NC(=O)[C@@H](N)CS)C(=O)N[C@@H](Cc1ccccc1)C(=O)N1CCC[C@H]1C(=O)N[C@@H](Cc1ccccc1)C(=O)N[C@@H](Cc1ccc(O)cc1)C(=O)N[C@@H](CS)C(=O)O. The number of carbonyl (C=O) groups excluding carboxylic acids is 8. The van der Waals surface area contributed by atoms with Crippen molar-refractivity contribution < 1.29 is 53.4 Å². The molecule has 1 fully saturated rings. The van der Waals surface area contributed by atoms with Crippen LogP contribution in [0, 0.1) is 5.92 Å². The number of nitrogens with one attached hydrogen (secondary N) is 6. The number of primary amides is 1. The average Bonchev–Trinajstić information content (AvgIpc) is 3.83. The smallest absolute Gasteiger partial charge is 0.327 e. The summed E-state index contributed by atoms with van der Waals surface area (Å²) in [5, 5.41) is 35.1. The van der Waals surface area contributed by atoms with E-state index in [0.29, 0.717) is 23.1 Å². The molecule has 20 nitrogen and oxygen atoms in total. The van der Waals surface area contributed by atoms with Gasteiger partial charge in [0.25, 0.3) is 0 Å². The highest BCUT2D eigenvalue weighted by atomic mass is 32.1. The number of carbonyl (C=O) groups is 9. The molecule has 0 bridgehead atoms. The highest BCUT2D eigenvalue weighted by Gasteiger charge is 2.40. The monoisotopic (exact) mass is 1010 g/mol. The zero-order chi connectivity index (χ0) is 51.5. The number of hydrogen-bond acceptors (Lipinski definition) is 13. The summed E-state index contributed by atoms with van der Waals surface area (Å²) in [6.45, 7) is 3.71. The zero-order valence-corrected chi connectivity index (χ0v) is 40.7. The molecular weight excluding hydrogens is 943 g/mol. The van der Waals surface area contributed by atoms with Gasteiger partial charge >= 0.3 is 5.97 Å². The lowest BCUT2D eigenvalue weighted by atomic mass is 10.00. The van der Waals surface area contributed by atoms with Gasteiger partial charge in [-0.2, -0.15) is 25.3 Å². The molecule has 0 aromatic heterocycles. The fraction of sp³-hybridized carbons (Fsp3) is 0.438. The number of phenols is 1. The van der Waals surface area contributed by atoms with Gasteiger partial charge in [0.1, 0.15) is 48.0 Å². The summed E-state index contributed by atoms with van der Waals surface area (Å²) in [7, 11) is 0. The van der Waals surface area contributed by atoms with Gasteiger partial charge in [0.05, 0.1) is 12.5 Å². The molecule has 4 rings (SSSR count). The van der Waals surface area contributed by atoms with E-state index in [4.69, 9.17) is 11.5 Å². The van der Waals surface area contributed by atoms with E-state index in [0.717, 1.165) is 0 Å². The fourth-order valence-corrected chi connectivity index (χ4v) is 8.12. The number of rotatable bonds is 26. The molecular formula is C48H63N9O11S2. The van der Waals surface area contributed by atoms with Crippen molar-refractivity contribution in [3.05, 3.63) is 102 Å². The first-order valence-corrected chi connectivity index (χ1v) is 24.0. The number of aliphatic carboxylic acids is 1. The Morgan fingerprint density at radius 3 is 1.59 bits per heavy atom. The number of carboxylic acid groups (broad SMARTS) is 1. The van der Waals surface area contributed by atoms with Crippen molar-refractivity contribution in [2.24, 2.45) is 17.4 Å². The number of aromatic hydroxyl groups is 1. The van der Waals surface area contributed by atoms with Gasteiger partial charge < -0.3 is 58.5 Å². The topological polar surface area (TPSA) is 322 Å². The van der Waals surface area contributed by atoms with E-state index in [9.17, 15) is 53.4 Å². The van der Waals surface area contributed by atoms with Crippen LogP contribution in [0.5, 0.6) is 5.75 Å². The first-order chi connectivity index (χ1) is 33.3. The molecule has 8 atom stereocenters. The largest absolute Gasteiger partial charge is 0.508 e.